The van der Waals surface area contributed by atoms with Gasteiger partial charge in [-0.15, -0.1) is 0 Å². The van der Waals surface area contributed by atoms with Gasteiger partial charge in [0.15, 0.2) is 0 Å². The quantitative estimate of drug-likeness (QED) is 0.610. The Morgan fingerprint density at radius 2 is 1.80 bits per heavy atom. The van der Waals surface area contributed by atoms with Crippen molar-refractivity contribution in [1.29, 1.82) is 0 Å². The van der Waals surface area contributed by atoms with E-state index in [1.165, 1.54) is 0 Å². The third kappa shape index (κ3) is 9.64. The Morgan fingerprint density at radius 1 is 1.20 bits per heavy atom. The van der Waals surface area contributed by atoms with Crippen LogP contribution in [-0.2, 0) is 4.79 Å². The maximum atomic E-state index is 11.7. The second kappa shape index (κ2) is 8.82. The van der Waals surface area contributed by atoms with E-state index in [0.29, 0.717) is 19.0 Å². The van der Waals surface area contributed by atoms with Crippen LogP contribution in [0.25, 0.3) is 0 Å². The molecule has 0 aliphatic carbocycles. The maximum Gasteiger partial charge on any atom is 0.314 e. The van der Waals surface area contributed by atoms with Crippen molar-refractivity contribution < 1.29 is 14.7 Å². The van der Waals surface area contributed by atoms with E-state index in [2.05, 4.69) is 45.3 Å². The van der Waals surface area contributed by atoms with E-state index in [0.717, 1.165) is 12.8 Å². The van der Waals surface area contributed by atoms with Crippen LogP contribution in [0.3, 0.4) is 0 Å². The number of carboxylic acids is 1. The van der Waals surface area contributed by atoms with Gasteiger partial charge < -0.3 is 15.7 Å². The SMILES string of the molecule is CCC(C)(C)CNC(=O)NC[C@H](CC(=O)O)CC(C)C. The zero-order chi connectivity index (χ0) is 15.8. The van der Waals surface area contributed by atoms with Crippen LogP contribution in [0.1, 0.15) is 53.9 Å². The van der Waals surface area contributed by atoms with E-state index in [1.54, 1.807) is 0 Å². The molecule has 0 rings (SSSR count). The largest absolute Gasteiger partial charge is 0.481 e. The Labute approximate surface area is 122 Å². The average Bonchev–Trinajstić information content (AvgIpc) is 2.32. The number of nitrogens with one attached hydrogen (secondary N) is 2. The number of carbonyl (C=O) groups is 2. The summed E-state index contributed by atoms with van der Waals surface area (Å²) in [7, 11) is 0. The zero-order valence-electron chi connectivity index (χ0n) is 13.5. The number of hydrogen-bond donors (Lipinski definition) is 3. The first-order valence-electron chi connectivity index (χ1n) is 7.39. The second-order valence-electron chi connectivity index (χ2n) is 6.67. The van der Waals surface area contributed by atoms with Crippen LogP contribution < -0.4 is 10.6 Å². The molecule has 0 unspecified atom stereocenters. The molecule has 1 atom stereocenters. The molecule has 0 aliphatic rings. The molecular weight excluding hydrogens is 256 g/mol. The molecule has 20 heavy (non-hydrogen) atoms. The minimum Gasteiger partial charge on any atom is -0.481 e. The molecule has 0 aromatic rings. The number of carbonyl (C=O) groups excluding carboxylic acids is 1. The van der Waals surface area contributed by atoms with E-state index >= 15 is 0 Å². The van der Waals surface area contributed by atoms with Gasteiger partial charge in [-0.2, -0.15) is 0 Å². The molecule has 0 aromatic carbocycles. The van der Waals surface area contributed by atoms with Gasteiger partial charge in [0, 0.05) is 19.5 Å². The minimum atomic E-state index is -0.815. The molecule has 0 saturated carbocycles. The summed E-state index contributed by atoms with van der Waals surface area (Å²) in [4.78, 5) is 22.5. The van der Waals surface area contributed by atoms with Gasteiger partial charge in [-0.1, -0.05) is 34.6 Å². The summed E-state index contributed by atoms with van der Waals surface area (Å²) in [6.45, 7) is 11.4. The molecule has 5 heteroatoms. The zero-order valence-corrected chi connectivity index (χ0v) is 13.5. The predicted octanol–water partition coefficient (Wildman–Crippen LogP) is 2.86. The summed E-state index contributed by atoms with van der Waals surface area (Å²) in [5, 5.41) is 14.5. The van der Waals surface area contributed by atoms with Crippen molar-refractivity contribution in [3.63, 3.8) is 0 Å². The second-order valence-corrected chi connectivity index (χ2v) is 6.67. The standard InChI is InChI=1S/C15H30N2O3/c1-6-15(4,5)10-17-14(20)16-9-12(7-11(2)3)8-13(18)19/h11-12H,6-10H2,1-5H3,(H,18,19)(H2,16,17,20)/t12-/m0/s1. The van der Waals surface area contributed by atoms with Crippen molar-refractivity contribution in [2.75, 3.05) is 13.1 Å². The lowest BCUT2D eigenvalue weighted by Crippen LogP contribution is -2.42. The van der Waals surface area contributed by atoms with Gasteiger partial charge in [0.1, 0.15) is 0 Å². The van der Waals surface area contributed by atoms with Crippen LogP contribution in [0.5, 0.6) is 0 Å². The fraction of sp³-hybridized carbons (Fsp3) is 0.867. The van der Waals surface area contributed by atoms with E-state index in [-0.39, 0.29) is 23.8 Å². The fourth-order valence-corrected chi connectivity index (χ4v) is 1.90. The number of rotatable bonds is 9. The smallest absolute Gasteiger partial charge is 0.314 e. The van der Waals surface area contributed by atoms with E-state index < -0.39 is 5.97 Å². The molecule has 5 nitrogen and oxygen atoms in total. The van der Waals surface area contributed by atoms with Crippen molar-refractivity contribution in [3.05, 3.63) is 0 Å². The average molecular weight is 286 g/mol. The van der Waals surface area contributed by atoms with Crippen molar-refractivity contribution in [2.24, 2.45) is 17.3 Å². The van der Waals surface area contributed by atoms with Gasteiger partial charge in [-0.05, 0) is 30.1 Å². The lowest BCUT2D eigenvalue weighted by atomic mass is 9.90. The van der Waals surface area contributed by atoms with E-state index in [9.17, 15) is 9.59 Å². The third-order valence-corrected chi connectivity index (χ3v) is 3.50. The normalized spacial score (nSPS) is 13.1. The Bertz CT molecular complexity index is 314. The summed E-state index contributed by atoms with van der Waals surface area (Å²) >= 11 is 0. The van der Waals surface area contributed by atoms with Gasteiger partial charge in [-0.3, -0.25) is 4.79 Å². The molecule has 0 bridgehead atoms. The number of hydrogen-bond acceptors (Lipinski definition) is 2. The third-order valence-electron chi connectivity index (χ3n) is 3.50. The highest BCUT2D eigenvalue weighted by molar-refractivity contribution is 5.74. The monoisotopic (exact) mass is 286 g/mol. The van der Waals surface area contributed by atoms with Crippen molar-refractivity contribution in [1.82, 2.24) is 10.6 Å². The summed E-state index contributed by atoms with van der Waals surface area (Å²) in [5.74, 6) is -0.411. The van der Waals surface area contributed by atoms with Crippen LogP contribution in [-0.4, -0.2) is 30.2 Å². The molecule has 0 saturated heterocycles. The highest BCUT2D eigenvalue weighted by Gasteiger charge is 2.18. The maximum absolute atomic E-state index is 11.7. The molecule has 2 amide bonds. The molecule has 3 N–H and O–H groups in total. The molecule has 0 aromatic heterocycles. The van der Waals surface area contributed by atoms with Crippen molar-refractivity contribution in [2.45, 2.75) is 53.9 Å². The first kappa shape index (κ1) is 18.7. The van der Waals surface area contributed by atoms with Crippen LogP contribution in [0, 0.1) is 17.3 Å². The first-order valence-corrected chi connectivity index (χ1v) is 7.39. The summed E-state index contributed by atoms with van der Waals surface area (Å²) in [6, 6.07) is -0.217. The molecule has 118 valence electrons. The van der Waals surface area contributed by atoms with Gasteiger partial charge in [0.25, 0.3) is 0 Å². The highest BCUT2D eigenvalue weighted by atomic mass is 16.4. The Morgan fingerprint density at radius 3 is 2.25 bits per heavy atom. The van der Waals surface area contributed by atoms with Crippen molar-refractivity contribution >= 4 is 12.0 Å². The van der Waals surface area contributed by atoms with Gasteiger partial charge in [0.2, 0.25) is 0 Å². The molecule has 0 heterocycles. The molecule has 0 aliphatic heterocycles. The lowest BCUT2D eigenvalue weighted by molar-refractivity contribution is -0.138. The molecular formula is C15H30N2O3. The Hall–Kier alpha value is -1.26. The highest BCUT2D eigenvalue weighted by Crippen LogP contribution is 2.17. The van der Waals surface area contributed by atoms with Gasteiger partial charge >= 0.3 is 12.0 Å². The molecule has 0 radical (unpaired) electrons. The molecule has 0 fully saturated rings. The predicted molar refractivity (Wildman–Crippen MR) is 80.7 cm³/mol. The van der Waals surface area contributed by atoms with Crippen molar-refractivity contribution in [3.8, 4) is 0 Å². The van der Waals surface area contributed by atoms with E-state index in [1.807, 2.05) is 0 Å². The van der Waals surface area contributed by atoms with Crippen LogP contribution in [0.2, 0.25) is 0 Å². The Kier molecular flexibility index (Phi) is 8.26. The van der Waals surface area contributed by atoms with Crippen LogP contribution >= 0.6 is 0 Å². The van der Waals surface area contributed by atoms with Gasteiger partial charge in [-0.25, -0.2) is 4.79 Å². The number of amides is 2. The first-order chi connectivity index (χ1) is 9.16. The van der Waals surface area contributed by atoms with E-state index in [4.69, 9.17) is 5.11 Å². The van der Waals surface area contributed by atoms with Crippen LogP contribution in [0.4, 0.5) is 4.79 Å². The number of carboxylic acid groups (broad SMARTS) is 1. The van der Waals surface area contributed by atoms with Gasteiger partial charge in [0.05, 0.1) is 0 Å². The lowest BCUT2D eigenvalue weighted by Gasteiger charge is -2.23. The van der Waals surface area contributed by atoms with Crippen LogP contribution in [0.15, 0.2) is 0 Å². The minimum absolute atomic E-state index is 0.0163. The summed E-state index contributed by atoms with van der Waals surface area (Å²) in [5.41, 5.74) is 0.0791. The number of aliphatic carboxylic acids is 1. The Balaban J connectivity index is 4.13. The topological polar surface area (TPSA) is 78.4 Å². The summed E-state index contributed by atoms with van der Waals surface area (Å²) in [6.07, 6.45) is 1.88. The molecule has 0 spiro atoms. The fourth-order valence-electron chi connectivity index (χ4n) is 1.90. The number of urea groups is 1. The summed E-state index contributed by atoms with van der Waals surface area (Å²) < 4.78 is 0.